The molecule has 1 N–H and O–H groups in total. The smallest absolute Gasteiger partial charge is 0.306 e. The van der Waals surface area contributed by atoms with Crippen LogP contribution < -0.4 is 0 Å². The van der Waals surface area contributed by atoms with Gasteiger partial charge < -0.3 is 9.67 Å². The van der Waals surface area contributed by atoms with Crippen molar-refractivity contribution in [2.24, 2.45) is 13.0 Å². The predicted molar refractivity (Wildman–Crippen MR) is 79.0 cm³/mol. The first-order chi connectivity index (χ1) is 9.62. The number of nitrogens with zero attached hydrogens (tertiary/aromatic N) is 2. The van der Waals surface area contributed by atoms with E-state index in [2.05, 4.69) is 4.98 Å². The third-order valence-electron chi connectivity index (χ3n) is 3.86. The molecule has 2 aromatic rings. The monoisotopic (exact) mass is 310 g/mol. The highest BCUT2D eigenvalue weighted by Crippen LogP contribution is 2.27. The van der Waals surface area contributed by atoms with Crippen LogP contribution in [-0.2, 0) is 21.7 Å². The van der Waals surface area contributed by atoms with Crippen LogP contribution in [0.4, 0.5) is 0 Å². The Bertz CT molecular complexity index is 808. The van der Waals surface area contributed by atoms with E-state index in [1.807, 2.05) is 4.57 Å². The molecule has 0 aliphatic heterocycles. The third-order valence-corrected chi connectivity index (χ3v) is 4.97. The van der Waals surface area contributed by atoms with Gasteiger partial charge in [-0.2, -0.15) is 0 Å². The Balaban J connectivity index is 2.58. The second kappa shape index (κ2) is 5.14. The molecule has 6 nitrogen and oxygen atoms in total. The molecule has 0 bridgehead atoms. The Kier molecular flexibility index (Phi) is 3.79. The van der Waals surface area contributed by atoms with E-state index in [0.717, 1.165) is 11.8 Å². The van der Waals surface area contributed by atoms with Crippen molar-refractivity contribution >= 4 is 26.8 Å². The molecule has 2 unspecified atom stereocenters. The van der Waals surface area contributed by atoms with Crippen molar-refractivity contribution in [3.8, 4) is 0 Å². The van der Waals surface area contributed by atoms with Gasteiger partial charge >= 0.3 is 5.97 Å². The summed E-state index contributed by atoms with van der Waals surface area (Å²) in [4.78, 5) is 15.7. The second-order valence-corrected chi connectivity index (χ2v) is 7.38. The zero-order chi connectivity index (χ0) is 15.9. The molecule has 1 aromatic heterocycles. The van der Waals surface area contributed by atoms with Crippen molar-refractivity contribution in [3.63, 3.8) is 0 Å². The summed E-state index contributed by atoms with van der Waals surface area (Å²) in [6, 6.07) is 4.75. The fourth-order valence-corrected chi connectivity index (χ4v) is 2.91. The summed E-state index contributed by atoms with van der Waals surface area (Å²) in [5.41, 5.74) is 1.33. The summed E-state index contributed by atoms with van der Waals surface area (Å²) in [5.74, 6) is -1.10. The van der Waals surface area contributed by atoms with Gasteiger partial charge in [0.1, 0.15) is 5.82 Å². The van der Waals surface area contributed by atoms with Gasteiger partial charge in [0.15, 0.2) is 9.84 Å². The summed E-state index contributed by atoms with van der Waals surface area (Å²) in [7, 11) is -1.49. The molecule has 0 fully saturated rings. The number of imidazole rings is 1. The summed E-state index contributed by atoms with van der Waals surface area (Å²) in [6.07, 6.45) is 1.15. The number of sulfone groups is 1. The molecule has 0 aliphatic rings. The number of fused-ring (bicyclic) bond motifs is 1. The highest BCUT2D eigenvalue weighted by Gasteiger charge is 2.25. The largest absolute Gasteiger partial charge is 0.481 e. The molecule has 21 heavy (non-hydrogen) atoms. The van der Waals surface area contributed by atoms with Crippen LogP contribution in [0, 0.1) is 5.92 Å². The Hall–Kier alpha value is -1.89. The number of aromatic nitrogens is 2. The number of hydrogen-bond donors (Lipinski definition) is 1. The molecular weight excluding hydrogens is 292 g/mol. The van der Waals surface area contributed by atoms with Crippen molar-refractivity contribution in [2.45, 2.75) is 24.7 Å². The first kappa shape index (κ1) is 15.5. The van der Waals surface area contributed by atoms with Gasteiger partial charge in [0, 0.05) is 19.2 Å². The highest BCUT2D eigenvalue weighted by atomic mass is 32.2. The van der Waals surface area contributed by atoms with Crippen LogP contribution in [0.3, 0.4) is 0 Å². The fourth-order valence-electron chi connectivity index (χ4n) is 2.27. The number of benzene rings is 1. The number of carbonyl (C=O) groups is 1. The Morgan fingerprint density at radius 3 is 2.48 bits per heavy atom. The van der Waals surface area contributed by atoms with Crippen LogP contribution in [-0.4, -0.2) is 35.3 Å². The number of aryl methyl sites for hydroxylation is 1. The summed E-state index contributed by atoms with van der Waals surface area (Å²) < 4.78 is 25.0. The molecule has 1 aromatic carbocycles. The fraction of sp³-hybridized carbons (Fsp3) is 0.429. The quantitative estimate of drug-likeness (QED) is 0.930. The van der Waals surface area contributed by atoms with Crippen molar-refractivity contribution in [2.75, 3.05) is 6.26 Å². The van der Waals surface area contributed by atoms with Crippen LogP contribution >= 0.6 is 0 Å². The van der Waals surface area contributed by atoms with E-state index in [1.165, 1.54) is 12.1 Å². The summed E-state index contributed by atoms with van der Waals surface area (Å²) in [5, 5.41) is 9.11. The van der Waals surface area contributed by atoms with Gasteiger partial charge in [0.05, 0.1) is 21.8 Å². The first-order valence-corrected chi connectivity index (χ1v) is 8.41. The highest BCUT2D eigenvalue weighted by molar-refractivity contribution is 7.90. The van der Waals surface area contributed by atoms with Crippen molar-refractivity contribution < 1.29 is 18.3 Å². The summed E-state index contributed by atoms with van der Waals surface area (Å²) in [6.45, 7) is 3.44. The molecule has 1 heterocycles. The van der Waals surface area contributed by atoms with Crippen LogP contribution in [0.15, 0.2) is 23.1 Å². The Morgan fingerprint density at radius 1 is 1.33 bits per heavy atom. The van der Waals surface area contributed by atoms with E-state index in [9.17, 15) is 13.2 Å². The summed E-state index contributed by atoms with van der Waals surface area (Å²) >= 11 is 0. The first-order valence-electron chi connectivity index (χ1n) is 6.52. The normalized spacial score (nSPS) is 15.0. The van der Waals surface area contributed by atoms with Gasteiger partial charge in [-0.05, 0) is 18.2 Å². The molecule has 0 spiro atoms. The molecular formula is C14H18N2O4S. The molecule has 2 atom stereocenters. The van der Waals surface area contributed by atoms with Crippen molar-refractivity contribution in [1.82, 2.24) is 9.55 Å². The van der Waals surface area contributed by atoms with Crippen LogP contribution in [0.2, 0.25) is 0 Å². The number of carboxylic acids is 1. The van der Waals surface area contributed by atoms with Gasteiger partial charge in [-0.25, -0.2) is 13.4 Å². The van der Waals surface area contributed by atoms with Crippen LogP contribution in [0.1, 0.15) is 25.6 Å². The molecule has 2 rings (SSSR count). The number of carboxylic acid groups (broad SMARTS) is 1. The van der Waals surface area contributed by atoms with Crippen molar-refractivity contribution in [3.05, 3.63) is 24.0 Å². The van der Waals surface area contributed by atoms with E-state index in [0.29, 0.717) is 11.3 Å². The average Bonchev–Trinajstić information content (AvgIpc) is 2.73. The van der Waals surface area contributed by atoms with E-state index >= 15 is 0 Å². The zero-order valence-corrected chi connectivity index (χ0v) is 13.2. The number of aliphatic carboxylic acids is 1. The van der Waals surface area contributed by atoms with E-state index < -0.39 is 21.7 Å². The van der Waals surface area contributed by atoms with E-state index in [4.69, 9.17) is 5.11 Å². The molecule has 0 amide bonds. The lowest BCUT2D eigenvalue weighted by Gasteiger charge is -2.15. The van der Waals surface area contributed by atoms with Gasteiger partial charge in [-0.3, -0.25) is 4.79 Å². The van der Waals surface area contributed by atoms with Gasteiger partial charge in [-0.1, -0.05) is 13.8 Å². The minimum Gasteiger partial charge on any atom is -0.481 e. The molecule has 0 saturated heterocycles. The lowest BCUT2D eigenvalue weighted by Crippen LogP contribution is -2.19. The van der Waals surface area contributed by atoms with Crippen LogP contribution in [0.5, 0.6) is 0 Å². The number of hydrogen-bond acceptors (Lipinski definition) is 4. The van der Waals surface area contributed by atoms with Gasteiger partial charge in [0.25, 0.3) is 0 Å². The Morgan fingerprint density at radius 2 is 1.95 bits per heavy atom. The van der Waals surface area contributed by atoms with Crippen LogP contribution in [0.25, 0.3) is 11.0 Å². The van der Waals surface area contributed by atoms with Crippen molar-refractivity contribution in [1.29, 1.82) is 0 Å². The van der Waals surface area contributed by atoms with Gasteiger partial charge in [-0.15, -0.1) is 0 Å². The zero-order valence-electron chi connectivity index (χ0n) is 12.4. The minimum atomic E-state index is -3.29. The lowest BCUT2D eigenvalue weighted by molar-refractivity contribution is -0.141. The van der Waals surface area contributed by atoms with E-state index in [1.54, 1.807) is 27.0 Å². The molecule has 7 heteroatoms. The Labute approximate surface area is 123 Å². The topological polar surface area (TPSA) is 89.3 Å². The molecule has 0 radical (unpaired) electrons. The molecule has 114 valence electrons. The maximum absolute atomic E-state index is 11.6. The molecule has 0 aliphatic carbocycles. The maximum Gasteiger partial charge on any atom is 0.306 e. The van der Waals surface area contributed by atoms with E-state index in [-0.39, 0.29) is 10.8 Å². The molecule has 0 saturated carbocycles. The average molecular weight is 310 g/mol. The lowest BCUT2D eigenvalue weighted by atomic mass is 9.95. The third kappa shape index (κ3) is 2.78. The number of rotatable bonds is 4. The SMILES string of the molecule is CC(C(=O)O)C(C)c1nc2cc(S(C)(=O)=O)ccc2n1C. The maximum atomic E-state index is 11.6. The van der Waals surface area contributed by atoms with Gasteiger partial charge in [0.2, 0.25) is 0 Å². The standard InChI is InChI=1S/C14H18N2O4S/c1-8(9(2)14(17)18)13-15-11-7-10(21(4,19)20)5-6-12(11)16(13)3/h5-9H,1-4H3,(H,17,18). The minimum absolute atomic E-state index is 0.207. The predicted octanol–water partition coefficient (Wildman–Crippen LogP) is 1.80. The second-order valence-electron chi connectivity index (χ2n) is 5.37.